The van der Waals surface area contributed by atoms with Crippen molar-refractivity contribution in [1.82, 2.24) is 24.8 Å². The number of imidazole rings is 1. The number of nitrogens with one attached hydrogen (secondary N) is 1. The van der Waals surface area contributed by atoms with Crippen LogP contribution in [-0.2, 0) is 29.7 Å². The summed E-state index contributed by atoms with van der Waals surface area (Å²) < 4.78 is 9.67. The number of anilines is 2. The highest BCUT2D eigenvalue weighted by Gasteiger charge is 2.27. The van der Waals surface area contributed by atoms with E-state index in [1.807, 2.05) is 18.5 Å². The predicted molar refractivity (Wildman–Crippen MR) is 132 cm³/mol. The zero-order chi connectivity index (χ0) is 25.1. The molecule has 0 spiro atoms. The molecule has 1 atom stereocenters. The molecule has 36 heavy (non-hydrogen) atoms. The number of carbonyl (C=O) groups excluding carboxylic acids is 2. The number of aryl methyl sites for hydroxylation is 2. The fraction of sp³-hybridized carbons (Fsp3) is 0.435. The van der Waals surface area contributed by atoms with Gasteiger partial charge in [0.05, 0.1) is 26.8 Å². The number of aromatic nitrogens is 4. The Morgan fingerprint density at radius 1 is 1.28 bits per heavy atom. The fourth-order valence-corrected chi connectivity index (χ4v) is 4.73. The minimum absolute atomic E-state index is 0. The summed E-state index contributed by atoms with van der Waals surface area (Å²) in [5.41, 5.74) is 14.5. The number of nitrogens with two attached hydrogens (primary N) is 2. The van der Waals surface area contributed by atoms with E-state index in [-0.39, 0.29) is 59.0 Å². The topological polar surface area (TPSA) is 145 Å². The van der Waals surface area contributed by atoms with E-state index < -0.39 is 5.91 Å². The molecule has 3 aromatic rings. The molecule has 0 aliphatic carbocycles. The molecule has 2 aromatic heterocycles. The van der Waals surface area contributed by atoms with E-state index in [9.17, 15) is 9.59 Å². The van der Waals surface area contributed by atoms with Gasteiger partial charge in [0.2, 0.25) is 0 Å². The van der Waals surface area contributed by atoms with E-state index in [4.69, 9.17) is 27.8 Å². The van der Waals surface area contributed by atoms with Crippen LogP contribution < -0.4 is 45.3 Å². The third-order valence-electron chi connectivity index (χ3n) is 6.38. The molecule has 1 saturated heterocycles. The number of amides is 1. The van der Waals surface area contributed by atoms with Gasteiger partial charge in [0.15, 0.2) is 33.5 Å². The molecule has 1 aliphatic heterocycles. The first-order chi connectivity index (χ1) is 16.8. The number of hydrogen-bond acceptors (Lipinski definition) is 8. The summed E-state index contributed by atoms with van der Waals surface area (Å²) in [7, 11) is 1.95. The van der Waals surface area contributed by atoms with Gasteiger partial charge in [0, 0.05) is 25.6 Å². The van der Waals surface area contributed by atoms with E-state index in [1.165, 1.54) is 0 Å². The molecule has 0 bridgehead atoms. The van der Waals surface area contributed by atoms with Crippen LogP contribution in [-0.4, -0.2) is 57.9 Å². The van der Waals surface area contributed by atoms with Gasteiger partial charge in [-0.05, 0) is 24.6 Å². The van der Waals surface area contributed by atoms with Gasteiger partial charge < -0.3 is 50.3 Å². The highest BCUT2D eigenvalue weighted by atomic mass is 127. The highest BCUT2D eigenvalue weighted by molar-refractivity contribution is 6.31. The number of ether oxygens (including phenoxy) is 1. The van der Waals surface area contributed by atoms with Gasteiger partial charge in [-0.25, -0.2) is 19.1 Å². The Hall–Kier alpha value is -2.55. The molecule has 194 valence electrons. The zero-order valence-electron chi connectivity index (χ0n) is 20.2. The maximum absolute atomic E-state index is 12.8. The lowest BCUT2D eigenvalue weighted by molar-refractivity contribution is -0.654. The standard InChI is InChI=1S/C23H29ClN8O3.HI/c1-3-32-17-12-14(15(6-9-33)31-7-10-35-11-8-31)4-5-16(17)30(2)18(32)13-27-23(34)19-21(25)29-22(26)20(24)28-19;/h4-5,9,12,15H,3,6-8,10-11,13H2,1-2H3,(H4-,25,26,27,29,34);1H. The Kier molecular flexibility index (Phi) is 9.44. The summed E-state index contributed by atoms with van der Waals surface area (Å²) in [4.78, 5) is 34.4. The maximum Gasteiger partial charge on any atom is 0.276 e. The molecule has 4 rings (SSSR count). The van der Waals surface area contributed by atoms with Gasteiger partial charge in [-0.2, -0.15) is 0 Å². The van der Waals surface area contributed by atoms with Crippen LogP contribution in [0.3, 0.4) is 0 Å². The Labute approximate surface area is 231 Å². The minimum Gasteiger partial charge on any atom is -1.00 e. The lowest BCUT2D eigenvalue weighted by Gasteiger charge is -2.33. The first-order valence-electron chi connectivity index (χ1n) is 11.5. The quantitative estimate of drug-likeness (QED) is 0.148. The number of hydrogen-bond donors (Lipinski definition) is 3. The van der Waals surface area contributed by atoms with Gasteiger partial charge in [0.1, 0.15) is 12.8 Å². The van der Waals surface area contributed by atoms with Crippen LogP contribution in [0, 0.1) is 0 Å². The molecule has 5 N–H and O–H groups in total. The second-order valence-electron chi connectivity index (χ2n) is 8.35. The molecule has 1 unspecified atom stereocenters. The summed E-state index contributed by atoms with van der Waals surface area (Å²) in [5, 5.41) is 2.78. The number of nitrogens with zero attached hydrogens (tertiary/aromatic N) is 5. The number of rotatable bonds is 8. The second kappa shape index (κ2) is 12.1. The molecule has 0 saturated carbocycles. The largest absolute Gasteiger partial charge is 1.00 e. The van der Waals surface area contributed by atoms with Crippen LogP contribution in [0.4, 0.5) is 11.6 Å². The van der Waals surface area contributed by atoms with Crippen molar-refractivity contribution >= 4 is 46.5 Å². The van der Waals surface area contributed by atoms with Crippen LogP contribution in [0.5, 0.6) is 0 Å². The van der Waals surface area contributed by atoms with E-state index in [1.54, 1.807) is 0 Å². The van der Waals surface area contributed by atoms with Gasteiger partial charge in [-0.15, -0.1) is 0 Å². The Balaban J connectivity index is 0.00000361. The third kappa shape index (κ3) is 5.56. The molecule has 1 amide bonds. The molecule has 13 heteroatoms. The van der Waals surface area contributed by atoms with Crippen molar-refractivity contribution in [3.05, 3.63) is 40.4 Å². The smallest absolute Gasteiger partial charge is 0.276 e. The van der Waals surface area contributed by atoms with Crippen LogP contribution >= 0.6 is 11.6 Å². The summed E-state index contributed by atoms with van der Waals surface area (Å²) in [6, 6.07) is 6.26. The zero-order valence-corrected chi connectivity index (χ0v) is 23.1. The Bertz CT molecular complexity index is 1260. The van der Waals surface area contributed by atoms with Crippen LogP contribution in [0.1, 0.15) is 41.3 Å². The van der Waals surface area contributed by atoms with Gasteiger partial charge in [-0.3, -0.25) is 9.69 Å². The summed E-state index contributed by atoms with van der Waals surface area (Å²) in [5.74, 6) is 0.279. The maximum atomic E-state index is 12.8. The van der Waals surface area contributed by atoms with Crippen molar-refractivity contribution in [2.24, 2.45) is 7.05 Å². The summed E-state index contributed by atoms with van der Waals surface area (Å²) >= 11 is 5.92. The van der Waals surface area contributed by atoms with Crippen LogP contribution in [0.15, 0.2) is 18.2 Å². The van der Waals surface area contributed by atoms with Crippen LogP contribution in [0.2, 0.25) is 5.15 Å². The van der Waals surface area contributed by atoms with Gasteiger partial charge >= 0.3 is 0 Å². The number of aldehydes is 1. The lowest BCUT2D eigenvalue weighted by atomic mass is 10.0. The molecule has 1 fully saturated rings. The normalized spacial score (nSPS) is 14.9. The van der Waals surface area contributed by atoms with E-state index in [0.29, 0.717) is 26.2 Å². The molecule has 1 aromatic carbocycles. The summed E-state index contributed by atoms with van der Waals surface area (Å²) in [6.45, 7) is 5.88. The number of nitrogen functional groups attached to an aromatic ring is 2. The first-order valence-corrected chi connectivity index (χ1v) is 11.9. The van der Waals surface area contributed by atoms with Crippen molar-refractivity contribution in [3.8, 4) is 0 Å². The third-order valence-corrected chi connectivity index (χ3v) is 6.66. The van der Waals surface area contributed by atoms with E-state index in [0.717, 1.165) is 41.8 Å². The lowest BCUT2D eigenvalue weighted by Crippen LogP contribution is -3.00. The number of benzene rings is 1. The fourth-order valence-electron chi connectivity index (χ4n) is 4.60. The average molecular weight is 629 g/mol. The van der Waals surface area contributed by atoms with Crippen molar-refractivity contribution in [2.75, 3.05) is 37.8 Å². The minimum atomic E-state index is -0.496. The summed E-state index contributed by atoms with van der Waals surface area (Å²) in [6.07, 6.45) is 1.39. The van der Waals surface area contributed by atoms with Gasteiger partial charge in [-0.1, -0.05) is 17.7 Å². The molecular formula is C23H30ClIN8O3. The first kappa shape index (κ1) is 28.0. The van der Waals surface area contributed by atoms with Crippen molar-refractivity contribution in [1.29, 1.82) is 0 Å². The monoisotopic (exact) mass is 628 g/mol. The SMILES string of the molecule is CCn1c(CNC(=O)c2nc(Cl)c(N)nc2N)[n+](C)c2ccc(C(CC=O)N3CCOCC3)cc21.[I-]. The Morgan fingerprint density at radius 2 is 2.00 bits per heavy atom. The van der Waals surface area contributed by atoms with Crippen molar-refractivity contribution < 1.29 is 42.9 Å². The number of morpholine rings is 1. The van der Waals surface area contributed by atoms with Crippen molar-refractivity contribution in [2.45, 2.75) is 32.5 Å². The second-order valence-corrected chi connectivity index (χ2v) is 8.71. The van der Waals surface area contributed by atoms with Crippen molar-refractivity contribution in [3.63, 3.8) is 0 Å². The van der Waals surface area contributed by atoms with Crippen LogP contribution in [0.25, 0.3) is 11.0 Å². The predicted octanol–water partition coefficient (Wildman–Crippen LogP) is -2.01. The number of halogens is 2. The molecule has 11 nitrogen and oxygen atoms in total. The molecule has 0 radical (unpaired) electrons. The number of fused-ring (bicyclic) bond motifs is 1. The molecule has 1 aliphatic rings. The molecule has 3 heterocycles. The highest BCUT2D eigenvalue weighted by Crippen LogP contribution is 2.28. The Morgan fingerprint density at radius 3 is 2.67 bits per heavy atom. The number of carbonyl (C=O) groups is 2. The van der Waals surface area contributed by atoms with E-state index >= 15 is 0 Å². The molecular weight excluding hydrogens is 599 g/mol. The average Bonchev–Trinajstić information content (AvgIpc) is 3.13. The van der Waals surface area contributed by atoms with Gasteiger partial charge in [0.25, 0.3) is 11.7 Å². The van der Waals surface area contributed by atoms with E-state index in [2.05, 4.69) is 43.0 Å².